The number of fused-ring (bicyclic) bond motifs is 1. The van der Waals surface area contributed by atoms with E-state index in [1.54, 1.807) is 7.11 Å². The van der Waals surface area contributed by atoms with Crippen LogP contribution in [0.3, 0.4) is 0 Å². The molecule has 0 fully saturated rings. The Kier molecular flexibility index (Phi) is 5.44. The molecule has 156 valence electrons. The van der Waals surface area contributed by atoms with Gasteiger partial charge in [0.2, 0.25) is 5.88 Å². The molecule has 30 heavy (non-hydrogen) atoms. The molecule has 2 aromatic heterocycles. The van der Waals surface area contributed by atoms with Gasteiger partial charge >= 0.3 is 0 Å². The maximum absolute atomic E-state index is 13.2. The third-order valence-corrected chi connectivity index (χ3v) is 5.50. The van der Waals surface area contributed by atoms with Crippen molar-refractivity contribution in [3.63, 3.8) is 0 Å². The minimum atomic E-state index is 0.0249. The Morgan fingerprint density at radius 2 is 2.03 bits per heavy atom. The first kappa shape index (κ1) is 19.9. The summed E-state index contributed by atoms with van der Waals surface area (Å²) in [5.74, 6) is 1.35. The molecule has 3 aromatic rings. The van der Waals surface area contributed by atoms with Crippen molar-refractivity contribution in [3.8, 4) is 11.6 Å². The fraction of sp³-hybridized carbons (Fsp3) is 0.348. The van der Waals surface area contributed by atoms with E-state index in [-0.39, 0.29) is 5.91 Å². The predicted molar refractivity (Wildman–Crippen MR) is 113 cm³/mol. The second-order valence-corrected chi connectivity index (χ2v) is 7.56. The zero-order valence-electron chi connectivity index (χ0n) is 17.8. The fourth-order valence-electron chi connectivity index (χ4n) is 3.87. The summed E-state index contributed by atoms with van der Waals surface area (Å²) in [6.45, 7) is 5.37. The van der Waals surface area contributed by atoms with Gasteiger partial charge in [-0.15, -0.1) is 0 Å². The number of carbonyl (C=O) groups is 1. The van der Waals surface area contributed by atoms with Crippen LogP contribution < -0.4 is 9.47 Å². The average Bonchev–Trinajstić information content (AvgIpc) is 3.06. The van der Waals surface area contributed by atoms with E-state index in [9.17, 15) is 4.79 Å². The summed E-state index contributed by atoms with van der Waals surface area (Å²) in [6.07, 6.45) is 0.766. The van der Waals surface area contributed by atoms with Crippen LogP contribution in [0.15, 0.2) is 36.4 Å². The molecule has 3 heterocycles. The van der Waals surface area contributed by atoms with Crippen LogP contribution in [0.25, 0.3) is 0 Å². The van der Waals surface area contributed by atoms with E-state index >= 15 is 0 Å². The zero-order chi connectivity index (χ0) is 21.3. The van der Waals surface area contributed by atoms with Crippen LogP contribution in [0.2, 0.25) is 0 Å². The maximum Gasteiger partial charge on any atom is 0.254 e. The van der Waals surface area contributed by atoms with Crippen molar-refractivity contribution in [1.29, 1.82) is 0 Å². The standard InChI is InChI=1S/C23H26N4O3/c1-15-12-17(29-4)8-9-18(15)23(28)27-11-10-21-19(13-27)20(25-26(21)3)14-30-22-7-5-6-16(2)24-22/h5-9,12H,10-11,13-14H2,1-4H3. The molecule has 0 aliphatic carbocycles. The van der Waals surface area contributed by atoms with Crippen LogP contribution in [0.1, 0.15) is 38.6 Å². The molecule has 0 radical (unpaired) electrons. The molecule has 0 saturated heterocycles. The highest BCUT2D eigenvalue weighted by molar-refractivity contribution is 5.96. The quantitative estimate of drug-likeness (QED) is 0.651. The Balaban J connectivity index is 1.53. The topological polar surface area (TPSA) is 69.5 Å². The maximum atomic E-state index is 13.2. The average molecular weight is 406 g/mol. The molecule has 4 rings (SSSR count). The van der Waals surface area contributed by atoms with Gasteiger partial charge in [-0.05, 0) is 43.7 Å². The van der Waals surface area contributed by atoms with Crippen molar-refractivity contribution >= 4 is 5.91 Å². The smallest absolute Gasteiger partial charge is 0.254 e. The molecule has 0 bridgehead atoms. The molecule has 1 aromatic carbocycles. The molecule has 0 saturated carbocycles. The summed E-state index contributed by atoms with van der Waals surface area (Å²) in [7, 11) is 3.57. The van der Waals surface area contributed by atoms with Crippen molar-refractivity contribution in [3.05, 3.63) is 70.2 Å². The third-order valence-electron chi connectivity index (χ3n) is 5.50. The second-order valence-electron chi connectivity index (χ2n) is 7.56. The van der Waals surface area contributed by atoms with Crippen LogP contribution in [0, 0.1) is 13.8 Å². The lowest BCUT2D eigenvalue weighted by molar-refractivity contribution is 0.0731. The number of nitrogens with zero attached hydrogens (tertiary/aromatic N) is 4. The van der Waals surface area contributed by atoms with Crippen LogP contribution >= 0.6 is 0 Å². The number of hydrogen-bond donors (Lipinski definition) is 0. The van der Waals surface area contributed by atoms with Crippen molar-refractivity contribution in [1.82, 2.24) is 19.7 Å². The summed E-state index contributed by atoms with van der Waals surface area (Å²) < 4.78 is 13.0. The molecule has 0 unspecified atom stereocenters. The molecule has 7 nitrogen and oxygen atoms in total. The molecule has 1 aliphatic heterocycles. The molecular weight excluding hydrogens is 380 g/mol. The van der Waals surface area contributed by atoms with Gasteiger partial charge in [-0.25, -0.2) is 4.98 Å². The molecule has 0 atom stereocenters. The lowest BCUT2D eigenvalue weighted by atomic mass is 10.0. The number of aromatic nitrogens is 3. The van der Waals surface area contributed by atoms with Crippen molar-refractivity contribution in [2.24, 2.45) is 7.05 Å². The molecule has 1 amide bonds. The Hall–Kier alpha value is -3.35. The largest absolute Gasteiger partial charge is 0.497 e. The summed E-state index contributed by atoms with van der Waals surface area (Å²) in [5.41, 5.74) is 5.58. The van der Waals surface area contributed by atoms with Gasteiger partial charge in [0.15, 0.2) is 0 Å². The number of benzene rings is 1. The van der Waals surface area contributed by atoms with E-state index < -0.39 is 0 Å². The summed E-state index contributed by atoms with van der Waals surface area (Å²) >= 11 is 0. The van der Waals surface area contributed by atoms with Crippen LogP contribution in [-0.2, 0) is 26.6 Å². The highest BCUT2D eigenvalue weighted by atomic mass is 16.5. The summed E-state index contributed by atoms with van der Waals surface area (Å²) in [6, 6.07) is 11.2. The number of ether oxygens (including phenoxy) is 2. The minimum absolute atomic E-state index is 0.0249. The van der Waals surface area contributed by atoms with Gasteiger partial charge in [0.05, 0.1) is 7.11 Å². The van der Waals surface area contributed by atoms with E-state index in [0.717, 1.165) is 40.4 Å². The first-order chi connectivity index (χ1) is 14.5. The van der Waals surface area contributed by atoms with Gasteiger partial charge in [0.1, 0.15) is 18.1 Å². The third kappa shape index (κ3) is 3.87. The highest BCUT2D eigenvalue weighted by Crippen LogP contribution is 2.26. The van der Waals surface area contributed by atoms with Crippen LogP contribution in [0.4, 0.5) is 0 Å². The highest BCUT2D eigenvalue weighted by Gasteiger charge is 2.28. The summed E-state index contributed by atoms with van der Waals surface area (Å²) in [4.78, 5) is 19.4. The van der Waals surface area contributed by atoms with E-state index in [4.69, 9.17) is 9.47 Å². The first-order valence-corrected chi connectivity index (χ1v) is 10.00. The number of methoxy groups -OCH3 is 1. The SMILES string of the molecule is COc1ccc(C(=O)N2CCc3c(c(COc4cccc(C)n4)nn3C)C2)c(C)c1. The van der Waals surface area contributed by atoms with Gasteiger partial charge in [-0.1, -0.05) is 6.07 Å². The predicted octanol–water partition coefficient (Wildman–Crippen LogP) is 3.22. The van der Waals surface area contributed by atoms with Crippen molar-refractivity contribution < 1.29 is 14.3 Å². The number of rotatable bonds is 5. The number of aryl methyl sites for hydroxylation is 3. The van der Waals surface area contributed by atoms with Gasteiger partial charge in [0, 0.05) is 55.1 Å². The number of pyridine rings is 1. The molecule has 0 N–H and O–H groups in total. The van der Waals surface area contributed by atoms with Crippen molar-refractivity contribution in [2.45, 2.75) is 33.4 Å². The molecular formula is C23H26N4O3. The summed E-state index contributed by atoms with van der Waals surface area (Å²) in [5, 5.41) is 4.65. The van der Waals surface area contributed by atoms with Gasteiger partial charge < -0.3 is 14.4 Å². The first-order valence-electron chi connectivity index (χ1n) is 10.00. The van der Waals surface area contributed by atoms with E-state index in [2.05, 4.69) is 10.1 Å². The fourth-order valence-corrected chi connectivity index (χ4v) is 3.87. The number of carbonyl (C=O) groups excluding carboxylic acids is 1. The molecule has 7 heteroatoms. The van der Waals surface area contributed by atoms with E-state index in [1.807, 2.05) is 66.9 Å². The molecule has 1 aliphatic rings. The van der Waals surface area contributed by atoms with E-state index in [0.29, 0.717) is 31.1 Å². The Labute approximate surface area is 176 Å². The second kappa shape index (κ2) is 8.18. The lowest BCUT2D eigenvalue weighted by Gasteiger charge is -2.28. The number of amides is 1. The van der Waals surface area contributed by atoms with Gasteiger partial charge in [0.25, 0.3) is 5.91 Å². The van der Waals surface area contributed by atoms with Crippen molar-refractivity contribution in [2.75, 3.05) is 13.7 Å². The number of hydrogen-bond acceptors (Lipinski definition) is 5. The van der Waals surface area contributed by atoms with Crippen LogP contribution in [0.5, 0.6) is 11.6 Å². The van der Waals surface area contributed by atoms with Crippen LogP contribution in [-0.4, -0.2) is 39.2 Å². The minimum Gasteiger partial charge on any atom is -0.497 e. The Bertz CT molecular complexity index is 1090. The van der Waals surface area contributed by atoms with Gasteiger partial charge in [-0.2, -0.15) is 5.10 Å². The Morgan fingerprint density at radius 1 is 1.20 bits per heavy atom. The van der Waals surface area contributed by atoms with Gasteiger partial charge in [-0.3, -0.25) is 9.48 Å². The Morgan fingerprint density at radius 3 is 2.77 bits per heavy atom. The molecule has 0 spiro atoms. The van der Waals surface area contributed by atoms with E-state index in [1.165, 1.54) is 0 Å². The normalized spacial score (nSPS) is 13.1. The lowest BCUT2D eigenvalue weighted by Crippen LogP contribution is -2.36. The monoisotopic (exact) mass is 406 g/mol. The zero-order valence-corrected chi connectivity index (χ0v) is 17.8.